The lowest BCUT2D eigenvalue weighted by molar-refractivity contribution is -0.128. The van der Waals surface area contributed by atoms with Gasteiger partial charge in [0.05, 0.1) is 20.3 Å². The third-order valence-electron chi connectivity index (χ3n) is 3.94. The van der Waals surface area contributed by atoms with Gasteiger partial charge in [0.15, 0.2) is 16.6 Å². The van der Waals surface area contributed by atoms with Crippen LogP contribution in [0, 0.1) is 0 Å². The zero-order valence-electron chi connectivity index (χ0n) is 13.8. The topological polar surface area (TPSA) is 50.8 Å². The maximum atomic E-state index is 12.6. The molecular weight excluding hydrogens is 332 g/mol. The Kier molecular flexibility index (Phi) is 6.12. The Hall–Kier alpha value is -1.47. The van der Waals surface area contributed by atoms with Crippen molar-refractivity contribution < 1.29 is 14.3 Å². The van der Waals surface area contributed by atoms with Gasteiger partial charge in [0.1, 0.15) is 6.04 Å². The molecule has 1 aliphatic rings. The number of thioether (sulfide) groups is 1. The third kappa shape index (κ3) is 3.72. The van der Waals surface area contributed by atoms with Crippen LogP contribution < -0.4 is 14.8 Å². The van der Waals surface area contributed by atoms with Gasteiger partial charge in [-0.05, 0) is 55.3 Å². The van der Waals surface area contributed by atoms with E-state index in [0.29, 0.717) is 16.6 Å². The highest BCUT2D eigenvalue weighted by molar-refractivity contribution is 7.98. The van der Waals surface area contributed by atoms with Gasteiger partial charge in [-0.3, -0.25) is 9.69 Å². The summed E-state index contributed by atoms with van der Waals surface area (Å²) in [6.07, 6.45) is 2.80. The molecule has 2 rings (SSSR count). The van der Waals surface area contributed by atoms with E-state index in [1.54, 1.807) is 30.9 Å². The number of thiocarbonyl (C=S) groups is 1. The van der Waals surface area contributed by atoms with Crippen molar-refractivity contribution in [3.63, 3.8) is 0 Å². The normalized spacial score (nSPS) is 18.8. The van der Waals surface area contributed by atoms with Gasteiger partial charge in [0.25, 0.3) is 5.91 Å². The van der Waals surface area contributed by atoms with Crippen LogP contribution in [0.4, 0.5) is 0 Å². The summed E-state index contributed by atoms with van der Waals surface area (Å²) in [5.41, 5.74) is 0.950. The van der Waals surface area contributed by atoms with E-state index in [2.05, 4.69) is 5.32 Å². The number of nitrogens with zero attached hydrogens (tertiary/aromatic N) is 1. The van der Waals surface area contributed by atoms with Crippen LogP contribution in [0.2, 0.25) is 0 Å². The molecule has 5 nitrogen and oxygen atoms in total. The average molecular weight is 354 g/mol. The number of nitrogens with one attached hydrogen (secondary N) is 1. The van der Waals surface area contributed by atoms with Gasteiger partial charge in [-0.1, -0.05) is 6.07 Å². The smallest absolute Gasteiger partial charge is 0.251 e. The predicted octanol–water partition coefficient (Wildman–Crippen LogP) is 2.60. The molecule has 0 bridgehead atoms. The minimum Gasteiger partial charge on any atom is -0.493 e. The number of rotatable bonds is 7. The number of amides is 1. The van der Waals surface area contributed by atoms with Gasteiger partial charge < -0.3 is 14.8 Å². The third-order valence-corrected chi connectivity index (χ3v) is 4.90. The lowest BCUT2D eigenvalue weighted by atomic mass is 10.1. The maximum absolute atomic E-state index is 12.6. The minimum atomic E-state index is -0.224. The van der Waals surface area contributed by atoms with Crippen LogP contribution in [0.15, 0.2) is 18.2 Å². The van der Waals surface area contributed by atoms with Crippen LogP contribution in [0.5, 0.6) is 11.5 Å². The second-order valence-electron chi connectivity index (χ2n) is 5.28. The van der Waals surface area contributed by atoms with Crippen LogP contribution in [0.1, 0.15) is 24.9 Å². The fourth-order valence-electron chi connectivity index (χ4n) is 2.61. The molecule has 0 unspecified atom stereocenters. The average Bonchev–Trinajstić information content (AvgIpc) is 2.85. The molecule has 1 aromatic rings. The first-order chi connectivity index (χ1) is 11.0. The fourth-order valence-corrected chi connectivity index (χ4v) is 3.47. The SMILES string of the molecule is COc1ccc([C@H](C)N2C(=O)[C@H](CCSC)NC2=S)cc1OC. The summed E-state index contributed by atoms with van der Waals surface area (Å²) in [6, 6.07) is 5.26. The fraction of sp³-hybridized carbons (Fsp3) is 0.500. The van der Waals surface area contributed by atoms with Crippen molar-refractivity contribution in [1.29, 1.82) is 0 Å². The van der Waals surface area contributed by atoms with Crippen molar-refractivity contribution in [1.82, 2.24) is 10.2 Å². The van der Waals surface area contributed by atoms with E-state index in [1.807, 2.05) is 31.4 Å². The first-order valence-electron chi connectivity index (χ1n) is 7.37. The van der Waals surface area contributed by atoms with Crippen LogP contribution >= 0.6 is 24.0 Å². The summed E-state index contributed by atoms with van der Waals surface area (Å²) in [7, 11) is 3.19. The standard InChI is InChI=1S/C16H22N2O3S2/c1-10(11-5-6-13(20-2)14(9-11)21-3)18-15(19)12(7-8-23-4)17-16(18)22/h5-6,9-10,12H,7-8H2,1-4H3,(H,17,22)/t10-,12-/m0/s1. The molecule has 1 fully saturated rings. The molecule has 1 saturated heterocycles. The second-order valence-corrected chi connectivity index (χ2v) is 6.65. The van der Waals surface area contributed by atoms with E-state index >= 15 is 0 Å². The number of methoxy groups -OCH3 is 2. The van der Waals surface area contributed by atoms with Gasteiger partial charge in [0.2, 0.25) is 0 Å². The Morgan fingerprint density at radius 1 is 1.35 bits per heavy atom. The number of ether oxygens (including phenoxy) is 2. The Bertz CT molecular complexity index is 595. The first kappa shape index (κ1) is 17.9. The van der Waals surface area contributed by atoms with E-state index in [-0.39, 0.29) is 18.0 Å². The number of hydrogen-bond acceptors (Lipinski definition) is 5. The monoisotopic (exact) mass is 354 g/mol. The Morgan fingerprint density at radius 2 is 2.04 bits per heavy atom. The molecule has 0 saturated carbocycles. The van der Waals surface area contributed by atoms with E-state index in [9.17, 15) is 4.79 Å². The molecule has 0 spiro atoms. The zero-order chi connectivity index (χ0) is 17.0. The molecule has 23 heavy (non-hydrogen) atoms. The van der Waals surface area contributed by atoms with Crippen molar-refractivity contribution >= 4 is 35.0 Å². The highest BCUT2D eigenvalue weighted by atomic mass is 32.2. The van der Waals surface area contributed by atoms with Crippen molar-refractivity contribution in [2.75, 3.05) is 26.2 Å². The van der Waals surface area contributed by atoms with Crippen LogP contribution in [-0.4, -0.2) is 48.2 Å². The summed E-state index contributed by atoms with van der Waals surface area (Å²) in [4.78, 5) is 14.3. The van der Waals surface area contributed by atoms with Crippen LogP contribution in [-0.2, 0) is 4.79 Å². The number of benzene rings is 1. The van der Waals surface area contributed by atoms with E-state index in [4.69, 9.17) is 21.7 Å². The van der Waals surface area contributed by atoms with Gasteiger partial charge >= 0.3 is 0 Å². The number of hydrogen-bond donors (Lipinski definition) is 1. The summed E-state index contributed by atoms with van der Waals surface area (Å²) in [5, 5.41) is 3.62. The molecule has 1 aromatic carbocycles. The molecule has 0 aliphatic carbocycles. The number of carbonyl (C=O) groups excluding carboxylic acids is 1. The summed E-state index contributed by atoms with van der Waals surface area (Å²) < 4.78 is 10.6. The maximum Gasteiger partial charge on any atom is 0.251 e. The molecule has 1 aliphatic heterocycles. The summed E-state index contributed by atoms with van der Waals surface area (Å²) >= 11 is 7.08. The van der Waals surface area contributed by atoms with Crippen molar-refractivity contribution in [3.8, 4) is 11.5 Å². The van der Waals surface area contributed by atoms with Crippen LogP contribution in [0.25, 0.3) is 0 Å². The van der Waals surface area contributed by atoms with Gasteiger partial charge in [-0.2, -0.15) is 11.8 Å². The lowest BCUT2D eigenvalue weighted by Crippen LogP contribution is -2.34. The number of carbonyl (C=O) groups is 1. The molecule has 126 valence electrons. The van der Waals surface area contributed by atoms with Gasteiger partial charge in [-0.15, -0.1) is 0 Å². The van der Waals surface area contributed by atoms with E-state index in [0.717, 1.165) is 17.7 Å². The molecule has 7 heteroatoms. The van der Waals surface area contributed by atoms with Crippen molar-refractivity contribution in [3.05, 3.63) is 23.8 Å². The highest BCUT2D eigenvalue weighted by Gasteiger charge is 2.38. The van der Waals surface area contributed by atoms with Gasteiger partial charge in [-0.25, -0.2) is 0 Å². The summed E-state index contributed by atoms with van der Waals surface area (Å²) in [6.45, 7) is 1.96. The molecule has 1 N–H and O–H groups in total. The van der Waals surface area contributed by atoms with E-state index < -0.39 is 0 Å². The highest BCUT2D eigenvalue weighted by Crippen LogP contribution is 2.33. The molecular formula is C16H22N2O3S2. The summed E-state index contributed by atoms with van der Waals surface area (Å²) in [5.74, 6) is 2.26. The Labute approximate surface area is 146 Å². The predicted molar refractivity (Wildman–Crippen MR) is 97.3 cm³/mol. The molecule has 1 heterocycles. The molecule has 0 radical (unpaired) electrons. The van der Waals surface area contributed by atoms with E-state index in [1.165, 1.54) is 0 Å². The van der Waals surface area contributed by atoms with Crippen molar-refractivity contribution in [2.45, 2.75) is 25.4 Å². The van der Waals surface area contributed by atoms with Crippen molar-refractivity contribution in [2.24, 2.45) is 0 Å². The van der Waals surface area contributed by atoms with Crippen LogP contribution in [0.3, 0.4) is 0 Å². The largest absolute Gasteiger partial charge is 0.493 e. The lowest BCUT2D eigenvalue weighted by Gasteiger charge is -2.24. The first-order valence-corrected chi connectivity index (χ1v) is 9.18. The zero-order valence-corrected chi connectivity index (χ0v) is 15.4. The Morgan fingerprint density at radius 3 is 2.65 bits per heavy atom. The molecule has 2 atom stereocenters. The Balaban J connectivity index is 2.21. The quantitative estimate of drug-likeness (QED) is 0.760. The van der Waals surface area contributed by atoms with Gasteiger partial charge in [0, 0.05) is 0 Å². The minimum absolute atomic E-state index is 0.0336. The second kappa shape index (κ2) is 7.88. The molecule has 0 aromatic heterocycles. The molecule has 1 amide bonds.